The van der Waals surface area contributed by atoms with Crippen LogP contribution in [0.25, 0.3) is 11.4 Å². The van der Waals surface area contributed by atoms with Gasteiger partial charge in [-0.15, -0.1) is 32.9 Å². The summed E-state index contributed by atoms with van der Waals surface area (Å²) < 4.78 is 6.70. The third kappa shape index (κ3) is 4.54. The van der Waals surface area contributed by atoms with E-state index in [9.17, 15) is 9.59 Å². The second-order valence-electron chi connectivity index (χ2n) is 6.33. The number of ether oxygens (including phenoxy) is 1. The van der Waals surface area contributed by atoms with E-state index in [2.05, 4.69) is 34.7 Å². The van der Waals surface area contributed by atoms with E-state index < -0.39 is 5.97 Å². The molecule has 154 valence electrons. The van der Waals surface area contributed by atoms with Crippen molar-refractivity contribution in [3.63, 3.8) is 0 Å². The lowest BCUT2D eigenvalue weighted by Gasteiger charge is -2.06. The first-order valence-corrected chi connectivity index (χ1v) is 11.6. The molecule has 0 aliphatic heterocycles. The number of rotatable bonds is 7. The molecule has 3 aromatic rings. The lowest BCUT2D eigenvalue weighted by molar-refractivity contribution is -0.113. The molecule has 1 amide bonds. The van der Waals surface area contributed by atoms with Crippen LogP contribution in [0.4, 0.5) is 5.00 Å². The van der Waals surface area contributed by atoms with Crippen LogP contribution in [-0.2, 0) is 23.0 Å². The van der Waals surface area contributed by atoms with Gasteiger partial charge in [0, 0.05) is 27.7 Å². The quantitative estimate of drug-likeness (QED) is 0.427. The fourth-order valence-electron chi connectivity index (χ4n) is 2.67. The smallest absolute Gasteiger partial charge is 0.340 e. The Hall–Kier alpha value is -2.17. The minimum atomic E-state index is -0.455. The fourth-order valence-corrected chi connectivity index (χ4v) is 5.25. The summed E-state index contributed by atoms with van der Waals surface area (Å²) in [6, 6.07) is 1.76. The summed E-state index contributed by atoms with van der Waals surface area (Å²) in [6.07, 6.45) is 0.780. The average Bonchev–Trinajstić information content (AvgIpc) is 3.38. The number of methoxy groups -OCH3 is 1. The number of esters is 1. The lowest BCUT2D eigenvalue weighted by atomic mass is 10.2. The zero-order valence-corrected chi connectivity index (χ0v) is 19.3. The maximum Gasteiger partial charge on any atom is 0.340 e. The van der Waals surface area contributed by atoms with Crippen LogP contribution in [0.2, 0.25) is 0 Å². The number of aromatic nitrogens is 3. The summed E-state index contributed by atoms with van der Waals surface area (Å²) in [6.45, 7) is 6.15. The molecule has 3 heterocycles. The van der Waals surface area contributed by atoms with Crippen LogP contribution in [0.5, 0.6) is 0 Å². The molecule has 7 nitrogen and oxygen atoms in total. The first-order chi connectivity index (χ1) is 13.8. The molecular weight excluding hydrogens is 428 g/mol. The molecule has 3 aromatic heterocycles. The highest BCUT2D eigenvalue weighted by Crippen LogP contribution is 2.32. The Kier molecular flexibility index (Phi) is 6.76. The van der Waals surface area contributed by atoms with Crippen molar-refractivity contribution >= 4 is 51.3 Å². The number of anilines is 1. The van der Waals surface area contributed by atoms with Crippen LogP contribution in [-0.4, -0.2) is 39.5 Å². The Morgan fingerprint density at radius 3 is 2.69 bits per heavy atom. The van der Waals surface area contributed by atoms with Crippen molar-refractivity contribution in [2.45, 2.75) is 32.3 Å². The number of aryl methyl sites for hydroxylation is 2. The van der Waals surface area contributed by atoms with Crippen molar-refractivity contribution in [2.24, 2.45) is 7.05 Å². The van der Waals surface area contributed by atoms with Crippen molar-refractivity contribution in [1.29, 1.82) is 0 Å². The highest BCUT2D eigenvalue weighted by Gasteiger charge is 2.20. The SMILES string of the molecule is CCc1cc(C(=O)OC)c(NC(=O)CSc2nnc(-c3csc(C)c3C)n2C)s1. The number of carbonyl (C=O) groups is 2. The van der Waals surface area contributed by atoms with Gasteiger partial charge >= 0.3 is 5.97 Å². The second-order valence-corrected chi connectivity index (χ2v) is 9.50. The van der Waals surface area contributed by atoms with Gasteiger partial charge in [-0.2, -0.15) is 0 Å². The average molecular weight is 451 g/mol. The molecule has 0 aliphatic carbocycles. The molecule has 0 radical (unpaired) electrons. The van der Waals surface area contributed by atoms with E-state index in [4.69, 9.17) is 4.74 Å². The third-order valence-corrected chi connectivity index (χ3v) is 7.71. The molecule has 0 bridgehead atoms. The number of thioether (sulfide) groups is 1. The number of thiophene rings is 2. The molecule has 0 atom stereocenters. The van der Waals surface area contributed by atoms with E-state index in [1.54, 1.807) is 17.4 Å². The monoisotopic (exact) mass is 450 g/mol. The molecule has 3 rings (SSSR count). The van der Waals surface area contributed by atoms with Crippen molar-refractivity contribution in [3.8, 4) is 11.4 Å². The molecule has 10 heteroatoms. The van der Waals surface area contributed by atoms with Gasteiger partial charge < -0.3 is 14.6 Å². The number of nitrogens with zero attached hydrogens (tertiary/aromatic N) is 3. The molecule has 0 saturated carbocycles. The molecule has 0 aliphatic rings. The summed E-state index contributed by atoms with van der Waals surface area (Å²) in [5, 5.41) is 14.6. The third-order valence-electron chi connectivity index (χ3n) is 4.48. The summed E-state index contributed by atoms with van der Waals surface area (Å²) in [4.78, 5) is 26.7. The summed E-state index contributed by atoms with van der Waals surface area (Å²) in [5.74, 6) is 0.279. The molecule has 1 N–H and O–H groups in total. The Morgan fingerprint density at radius 1 is 1.31 bits per heavy atom. The predicted octanol–water partition coefficient (Wildman–Crippen LogP) is 4.30. The van der Waals surface area contributed by atoms with Crippen LogP contribution in [0.1, 0.15) is 32.6 Å². The Morgan fingerprint density at radius 2 is 2.07 bits per heavy atom. The second kappa shape index (κ2) is 9.10. The molecular formula is C19H22N4O3S3. The molecule has 0 saturated heterocycles. The van der Waals surface area contributed by atoms with E-state index in [1.165, 1.54) is 40.6 Å². The van der Waals surface area contributed by atoms with Crippen LogP contribution >= 0.6 is 34.4 Å². The Bertz CT molecular complexity index is 1050. The van der Waals surface area contributed by atoms with Gasteiger partial charge in [-0.05, 0) is 31.9 Å². The zero-order chi connectivity index (χ0) is 21.1. The van der Waals surface area contributed by atoms with E-state index >= 15 is 0 Å². The highest BCUT2D eigenvalue weighted by atomic mass is 32.2. The van der Waals surface area contributed by atoms with Gasteiger partial charge in [-0.25, -0.2) is 4.79 Å². The van der Waals surface area contributed by atoms with Gasteiger partial charge in [-0.3, -0.25) is 4.79 Å². The van der Waals surface area contributed by atoms with Crippen molar-refractivity contribution in [2.75, 3.05) is 18.2 Å². The van der Waals surface area contributed by atoms with E-state index in [0.717, 1.165) is 22.7 Å². The predicted molar refractivity (Wildman–Crippen MR) is 118 cm³/mol. The van der Waals surface area contributed by atoms with Gasteiger partial charge in [0.1, 0.15) is 5.00 Å². The Labute approximate surface area is 181 Å². The molecule has 29 heavy (non-hydrogen) atoms. The van der Waals surface area contributed by atoms with Crippen LogP contribution < -0.4 is 5.32 Å². The lowest BCUT2D eigenvalue weighted by Crippen LogP contribution is -2.16. The largest absolute Gasteiger partial charge is 0.465 e. The molecule has 0 spiro atoms. The number of hydrogen-bond donors (Lipinski definition) is 1. The van der Waals surface area contributed by atoms with Crippen molar-refractivity contribution in [1.82, 2.24) is 14.8 Å². The first-order valence-electron chi connectivity index (χ1n) is 8.93. The summed E-state index contributed by atoms with van der Waals surface area (Å²) in [7, 11) is 3.22. The normalized spacial score (nSPS) is 10.9. The van der Waals surface area contributed by atoms with Gasteiger partial charge in [0.05, 0.1) is 18.4 Å². The van der Waals surface area contributed by atoms with Crippen molar-refractivity contribution < 1.29 is 14.3 Å². The molecule has 0 fully saturated rings. The van der Waals surface area contributed by atoms with Crippen LogP contribution in [0.15, 0.2) is 16.6 Å². The Balaban J connectivity index is 1.69. The number of nitrogens with one attached hydrogen (secondary N) is 1. The first kappa shape index (κ1) is 21.5. The van der Waals surface area contributed by atoms with Crippen molar-refractivity contribution in [3.05, 3.63) is 32.3 Å². The highest BCUT2D eigenvalue weighted by molar-refractivity contribution is 7.99. The van der Waals surface area contributed by atoms with Gasteiger partial charge in [-0.1, -0.05) is 18.7 Å². The minimum Gasteiger partial charge on any atom is -0.465 e. The zero-order valence-electron chi connectivity index (χ0n) is 16.9. The van der Waals surface area contributed by atoms with E-state index in [1.807, 2.05) is 18.5 Å². The van der Waals surface area contributed by atoms with Gasteiger partial charge in [0.15, 0.2) is 11.0 Å². The number of amides is 1. The maximum atomic E-state index is 12.5. The topological polar surface area (TPSA) is 86.1 Å². The van der Waals surface area contributed by atoms with Gasteiger partial charge in [0.2, 0.25) is 5.91 Å². The van der Waals surface area contributed by atoms with Crippen LogP contribution in [0, 0.1) is 13.8 Å². The number of carbonyl (C=O) groups excluding carboxylic acids is 2. The minimum absolute atomic E-state index is 0.160. The number of hydrogen-bond acceptors (Lipinski definition) is 8. The summed E-state index contributed by atoms with van der Waals surface area (Å²) in [5.41, 5.74) is 2.64. The standard InChI is InChI=1S/C19H22N4O3S3/c1-6-12-7-13(18(25)26-5)17(29-12)20-15(24)9-28-19-22-21-16(23(19)4)14-8-27-11(3)10(14)2/h7-8H,6,9H2,1-5H3,(H,20,24). The van der Waals surface area contributed by atoms with Gasteiger partial charge in [0.25, 0.3) is 0 Å². The molecule has 0 unspecified atom stereocenters. The van der Waals surface area contributed by atoms with E-state index in [-0.39, 0.29) is 11.7 Å². The van der Waals surface area contributed by atoms with E-state index in [0.29, 0.717) is 15.7 Å². The van der Waals surface area contributed by atoms with Crippen LogP contribution in [0.3, 0.4) is 0 Å². The fraction of sp³-hybridized carbons (Fsp3) is 0.368. The molecule has 0 aromatic carbocycles. The summed E-state index contributed by atoms with van der Waals surface area (Å²) >= 11 is 4.38. The maximum absolute atomic E-state index is 12.5.